The van der Waals surface area contributed by atoms with Crippen molar-refractivity contribution in [2.75, 3.05) is 12.5 Å². The monoisotopic (exact) mass is 469 g/mol. The van der Waals surface area contributed by atoms with Crippen LogP contribution in [0.3, 0.4) is 0 Å². The van der Waals surface area contributed by atoms with E-state index in [1.807, 2.05) is 54.3 Å². The molecule has 9 heteroatoms. The minimum Gasteiger partial charge on any atom is -0.337 e. The number of benzene rings is 1. The highest BCUT2D eigenvalue weighted by Crippen LogP contribution is 2.23. The lowest BCUT2D eigenvalue weighted by atomic mass is 10.1. The normalized spacial score (nSPS) is 11.7. The van der Waals surface area contributed by atoms with E-state index in [9.17, 15) is 4.79 Å². The second kappa shape index (κ2) is 9.54. The van der Waals surface area contributed by atoms with Crippen LogP contribution in [-0.2, 0) is 13.1 Å². The summed E-state index contributed by atoms with van der Waals surface area (Å²) in [6.07, 6.45) is 4.91. The second-order valence-electron chi connectivity index (χ2n) is 8.08. The van der Waals surface area contributed by atoms with Crippen molar-refractivity contribution >= 4 is 34.6 Å². The first kappa shape index (κ1) is 22.7. The standard InChI is InChI=1S/C23H27N5O2S2/c1-14(2)10-11-27-22(29)20-18(24-23(27)32-5)12-15(3)28(20)13-19-25-21(26-30-19)16-6-8-17(31-4)9-7-16/h6-9,12,14H,10-11,13H2,1-5H3. The summed E-state index contributed by atoms with van der Waals surface area (Å²) in [4.78, 5) is 24.0. The van der Waals surface area contributed by atoms with E-state index in [2.05, 4.69) is 24.0 Å². The van der Waals surface area contributed by atoms with Gasteiger partial charge in [-0.05, 0) is 62.1 Å². The summed E-state index contributed by atoms with van der Waals surface area (Å²) in [7, 11) is 0. The zero-order valence-corrected chi connectivity index (χ0v) is 20.6. The van der Waals surface area contributed by atoms with Gasteiger partial charge in [-0.3, -0.25) is 9.36 Å². The number of hydrogen-bond acceptors (Lipinski definition) is 7. The van der Waals surface area contributed by atoms with Crippen LogP contribution in [0.15, 0.2) is 49.7 Å². The van der Waals surface area contributed by atoms with E-state index in [1.165, 1.54) is 16.7 Å². The average molecular weight is 470 g/mol. The van der Waals surface area contributed by atoms with E-state index in [0.29, 0.717) is 41.8 Å². The summed E-state index contributed by atoms with van der Waals surface area (Å²) in [5.41, 5.74) is 3.08. The summed E-state index contributed by atoms with van der Waals surface area (Å²) < 4.78 is 9.24. The lowest BCUT2D eigenvalue weighted by molar-refractivity contribution is 0.372. The van der Waals surface area contributed by atoms with Crippen molar-refractivity contribution in [3.8, 4) is 11.4 Å². The van der Waals surface area contributed by atoms with Crippen LogP contribution in [0.4, 0.5) is 0 Å². The van der Waals surface area contributed by atoms with Crippen LogP contribution < -0.4 is 5.56 Å². The Morgan fingerprint density at radius 1 is 1.06 bits per heavy atom. The van der Waals surface area contributed by atoms with Gasteiger partial charge in [0, 0.05) is 22.7 Å². The molecule has 0 aliphatic heterocycles. The van der Waals surface area contributed by atoms with Gasteiger partial charge in [0.1, 0.15) is 12.1 Å². The Morgan fingerprint density at radius 3 is 2.47 bits per heavy atom. The molecule has 0 N–H and O–H groups in total. The maximum Gasteiger partial charge on any atom is 0.278 e. The van der Waals surface area contributed by atoms with Gasteiger partial charge in [-0.1, -0.05) is 30.8 Å². The summed E-state index contributed by atoms with van der Waals surface area (Å²) in [6, 6.07) is 9.99. The topological polar surface area (TPSA) is 78.7 Å². The zero-order chi connectivity index (χ0) is 22.8. The average Bonchev–Trinajstić information content (AvgIpc) is 3.37. The first-order valence-electron chi connectivity index (χ1n) is 10.5. The highest BCUT2D eigenvalue weighted by Gasteiger charge is 2.19. The van der Waals surface area contributed by atoms with Gasteiger partial charge in [0.25, 0.3) is 5.56 Å². The third kappa shape index (κ3) is 4.49. The van der Waals surface area contributed by atoms with Crippen LogP contribution in [0.1, 0.15) is 31.9 Å². The quantitative estimate of drug-likeness (QED) is 0.262. The molecule has 3 aromatic heterocycles. The molecule has 0 atom stereocenters. The smallest absolute Gasteiger partial charge is 0.278 e. The van der Waals surface area contributed by atoms with Crippen molar-refractivity contribution in [1.82, 2.24) is 24.3 Å². The van der Waals surface area contributed by atoms with Crippen LogP contribution in [0, 0.1) is 12.8 Å². The summed E-state index contributed by atoms with van der Waals surface area (Å²) in [6.45, 7) is 7.26. The van der Waals surface area contributed by atoms with Crippen LogP contribution in [-0.4, -0.2) is 36.8 Å². The van der Waals surface area contributed by atoms with Crippen molar-refractivity contribution in [1.29, 1.82) is 0 Å². The van der Waals surface area contributed by atoms with Crippen molar-refractivity contribution in [3.63, 3.8) is 0 Å². The lowest BCUT2D eigenvalue weighted by Gasteiger charge is -2.13. The Balaban J connectivity index is 1.70. The van der Waals surface area contributed by atoms with E-state index in [-0.39, 0.29) is 5.56 Å². The van der Waals surface area contributed by atoms with Crippen LogP contribution in [0.25, 0.3) is 22.4 Å². The molecule has 0 unspecified atom stereocenters. The Kier molecular flexibility index (Phi) is 6.76. The predicted octanol–water partition coefficient (Wildman–Crippen LogP) is 5.09. The second-order valence-corrected chi connectivity index (χ2v) is 9.74. The minimum atomic E-state index is -0.0273. The molecule has 3 heterocycles. The van der Waals surface area contributed by atoms with Crippen molar-refractivity contribution in [3.05, 3.63) is 52.3 Å². The zero-order valence-electron chi connectivity index (χ0n) is 19.0. The molecule has 168 valence electrons. The highest BCUT2D eigenvalue weighted by atomic mass is 32.2. The maximum absolute atomic E-state index is 13.5. The van der Waals surface area contributed by atoms with E-state index < -0.39 is 0 Å². The highest BCUT2D eigenvalue weighted by molar-refractivity contribution is 7.98. The molecule has 0 radical (unpaired) electrons. The lowest BCUT2D eigenvalue weighted by Crippen LogP contribution is -2.26. The van der Waals surface area contributed by atoms with Crippen LogP contribution in [0.5, 0.6) is 0 Å². The number of aromatic nitrogens is 5. The Hall–Kier alpha value is -2.52. The maximum atomic E-state index is 13.5. The van der Waals surface area contributed by atoms with E-state index in [0.717, 1.165) is 22.8 Å². The van der Waals surface area contributed by atoms with Crippen molar-refractivity contribution < 1.29 is 4.52 Å². The number of fused-ring (bicyclic) bond motifs is 1. The van der Waals surface area contributed by atoms with Gasteiger partial charge in [0.15, 0.2) is 5.16 Å². The number of thioether (sulfide) groups is 2. The minimum absolute atomic E-state index is 0.0273. The fraction of sp³-hybridized carbons (Fsp3) is 0.391. The summed E-state index contributed by atoms with van der Waals surface area (Å²) in [5, 5.41) is 4.88. The number of rotatable bonds is 8. The third-order valence-corrected chi connectivity index (χ3v) is 6.82. The van der Waals surface area contributed by atoms with Gasteiger partial charge >= 0.3 is 0 Å². The van der Waals surface area contributed by atoms with Gasteiger partial charge in [0.05, 0.1) is 5.52 Å². The van der Waals surface area contributed by atoms with Gasteiger partial charge in [-0.15, -0.1) is 11.8 Å². The first-order chi connectivity index (χ1) is 15.4. The molecule has 0 amide bonds. The van der Waals surface area contributed by atoms with Crippen molar-refractivity contribution in [2.45, 2.75) is 50.3 Å². The molecule has 4 rings (SSSR count). The van der Waals surface area contributed by atoms with E-state index >= 15 is 0 Å². The molecule has 4 aromatic rings. The molecule has 1 aromatic carbocycles. The third-order valence-electron chi connectivity index (χ3n) is 5.40. The molecule has 0 aliphatic carbocycles. The fourth-order valence-electron chi connectivity index (χ4n) is 3.60. The van der Waals surface area contributed by atoms with Crippen LogP contribution >= 0.6 is 23.5 Å². The van der Waals surface area contributed by atoms with Crippen LogP contribution in [0.2, 0.25) is 0 Å². The molecular formula is C23H27N5O2S2. The molecule has 0 aliphatic rings. The van der Waals surface area contributed by atoms with Gasteiger partial charge in [-0.2, -0.15) is 4.98 Å². The molecule has 7 nitrogen and oxygen atoms in total. The molecule has 0 saturated heterocycles. The summed E-state index contributed by atoms with van der Waals surface area (Å²) >= 11 is 3.19. The SMILES string of the molecule is CSc1ccc(-c2noc(Cn3c(C)cc4nc(SC)n(CCC(C)C)c(=O)c43)n2)cc1. The molecule has 0 fully saturated rings. The summed E-state index contributed by atoms with van der Waals surface area (Å²) in [5.74, 6) is 1.50. The number of nitrogens with zero attached hydrogens (tertiary/aromatic N) is 5. The molecule has 0 spiro atoms. The van der Waals surface area contributed by atoms with Gasteiger partial charge < -0.3 is 9.09 Å². The number of aryl methyl sites for hydroxylation is 1. The Morgan fingerprint density at radius 2 is 1.81 bits per heavy atom. The predicted molar refractivity (Wildman–Crippen MR) is 131 cm³/mol. The first-order valence-corrected chi connectivity index (χ1v) is 13.0. The molecular weight excluding hydrogens is 442 g/mol. The number of hydrogen-bond donors (Lipinski definition) is 0. The van der Waals surface area contributed by atoms with Crippen molar-refractivity contribution in [2.24, 2.45) is 5.92 Å². The fourth-order valence-corrected chi connectivity index (χ4v) is 4.60. The van der Waals surface area contributed by atoms with E-state index in [4.69, 9.17) is 9.51 Å². The van der Waals surface area contributed by atoms with Gasteiger partial charge in [-0.25, -0.2) is 4.98 Å². The van der Waals surface area contributed by atoms with E-state index in [1.54, 1.807) is 16.3 Å². The Labute approximate surface area is 195 Å². The molecule has 32 heavy (non-hydrogen) atoms. The van der Waals surface area contributed by atoms with Gasteiger partial charge in [0.2, 0.25) is 11.7 Å². The Bertz CT molecular complexity index is 1290. The molecule has 0 saturated carbocycles. The largest absolute Gasteiger partial charge is 0.337 e. The molecule has 0 bridgehead atoms.